The van der Waals surface area contributed by atoms with E-state index in [-0.39, 0.29) is 42.5 Å². The lowest BCUT2D eigenvalue weighted by Crippen LogP contribution is -2.42. The van der Waals surface area contributed by atoms with Crippen molar-refractivity contribution in [2.24, 2.45) is 0 Å². The average Bonchev–Trinajstić information content (AvgIpc) is 2.88. The number of imide groups is 1. The number of hydrogen-bond donors (Lipinski definition) is 1. The van der Waals surface area contributed by atoms with E-state index in [4.69, 9.17) is 0 Å². The number of nitrogens with one attached hydrogen (secondary N) is 1. The lowest BCUT2D eigenvalue weighted by atomic mass is 9.99. The zero-order valence-electron chi connectivity index (χ0n) is 11.1. The van der Waals surface area contributed by atoms with E-state index in [9.17, 15) is 14.4 Å². The van der Waals surface area contributed by atoms with Crippen molar-refractivity contribution in [2.45, 2.75) is 31.1 Å². The highest BCUT2D eigenvalue weighted by molar-refractivity contribution is 7.08. The zero-order chi connectivity index (χ0) is 14.2. The molecule has 20 heavy (non-hydrogen) atoms. The van der Waals surface area contributed by atoms with E-state index in [1.165, 1.54) is 5.56 Å². The van der Waals surface area contributed by atoms with Crippen LogP contribution in [-0.2, 0) is 19.8 Å². The fraction of sp³-hybridized carbons (Fsp3) is 0.500. The SMILES string of the molecule is O=C(CN1C(=O)CCC1=O)NCC1(c2ccsc2)CC1. The van der Waals surface area contributed by atoms with Gasteiger partial charge in [0.25, 0.3) is 0 Å². The summed E-state index contributed by atoms with van der Waals surface area (Å²) in [6.07, 6.45) is 2.60. The Morgan fingerprint density at radius 2 is 2.00 bits per heavy atom. The maximum Gasteiger partial charge on any atom is 0.240 e. The number of carbonyl (C=O) groups excluding carboxylic acids is 3. The van der Waals surface area contributed by atoms with Gasteiger partial charge >= 0.3 is 0 Å². The Bertz CT molecular complexity index is 533. The highest BCUT2D eigenvalue weighted by Crippen LogP contribution is 2.48. The summed E-state index contributed by atoms with van der Waals surface area (Å²) in [5, 5.41) is 7.02. The summed E-state index contributed by atoms with van der Waals surface area (Å²) < 4.78 is 0. The highest BCUT2D eigenvalue weighted by Gasteiger charge is 2.44. The molecule has 2 fully saturated rings. The van der Waals surface area contributed by atoms with Crippen LogP contribution in [0.2, 0.25) is 0 Å². The van der Waals surface area contributed by atoms with Gasteiger partial charge in [-0.3, -0.25) is 19.3 Å². The van der Waals surface area contributed by atoms with E-state index in [0.29, 0.717) is 6.54 Å². The maximum atomic E-state index is 11.9. The maximum absolute atomic E-state index is 11.9. The van der Waals surface area contributed by atoms with Crippen molar-refractivity contribution in [2.75, 3.05) is 13.1 Å². The number of hydrogen-bond acceptors (Lipinski definition) is 4. The van der Waals surface area contributed by atoms with Gasteiger partial charge in [0.1, 0.15) is 6.54 Å². The van der Waals surface area contributed by atoms with Gasteiger partial charge in [0, 0.05) is 24.8 Å². The van der Waals surface area contributed by atoms with Gasteiger partial charge in [0.2, 0.25) is 17.7 Å². The molecule has 2 aliphatic rings. The van der Waals surface area contributed by atoms with Gasteiger partial charge in [0.15, 0.2) is 0 Å². The molecule has 2 heterocycles. The molecule has 3 rings (SSSR count). The monoisotopic (exact) mass is 292 g/mol. The van der Waals surface area contributed by atoms with Gasteiger partial charge in [-0.2, -0.15) is 11.3 Å². The molecule has 1 aromatic rings. The highest BCUT2D eigenvalue weighted by atomic mass is 32.1. The lowest BCUT2D eigenvalue weighted by molar-refractivity contribution is -0.142. The van der Waals surface area contributed by atoms with Crippen molar-refractivity contribution in [1.29, 1.82) is 0 Å². The first-order chi connectivity index (χ1) is 9.61. The predicted octanol–water partition coefficient (Wildman–Crippen LogP) is 1.04. The third kappa shape index (κ3) is 2.47. The number of nitrogens with zero attached hydrogens (tertiary/aromatic N) is 1. The standard InChI is InChI=1S/C14H16N2O3S/c17-11(7-16-12(18)1-2-13(16)19)15-9-14(4-5-14)10-3-6-20-8-10/h3,6,8H,1-2,4-5,7,9H2,(H,15,17). The Hall–Kier alpha value is -1.69. The molecule has 3 amide bonds. The van der Waals surface area contributed by atoms with Crippen molar-refractivity contribution in [3.8, 4) is 0 Å². The fourth-order valence-electron chi connectivity index (χ4n) is 2.55. The van der Waals surface area contributed by atoms with Crippen molar-refractivity contribution in [3.63, 3.8) is 0 Å². The van der Waals surface area contributed by atoms with Crippen LogP contribution in [0.3, 0.4) is 0 Å². The van der Waals surface area contributed by atoms with Crippen LogP contribution in [0, 0.1) is 0 Å². The quantitative estimate of drug-likeness (QED) is 0.825. The lowest BCUT2D eigenvalue weighted by Gasteiger charge is -2.17. The normalized spacial score (nSPS) is 20.3. The van der Waals surface area contributed by atoms with Crippen LogP contribution in [0.5, 0.6) is 0 Å². The first-order valence-electron chi connectivity index (χ1n) is 6.73. The topological polar surface area (TPSA) is 66.5 Å². The number of thiophene rings is 1. The summed E-state index contributed by atoms with van der Waals surface area (Å²) in [5.74, 6) is -0.747. The van der Waals surface area contributed by atoms with Gasteiger partial charge < -0.3 is 5.32 Å². The van der Waals surface area contributed by atoms with E-state index < -0.39 is 0 Å². The summed E-state index contributed by atoms with van der Waals surface area (Å²) >= 11 is 1.66. The molecule has 5 nitrogen and oxygen atoms in total. The molecule has 0 bridgehead atoms. The number of amides is 3. The second kappa shape index (κ2) is 5.01. The molecule has 106 valence electrons. The van der Waals surface area contributed by atoms with Gasteiger partial charge in [-0.1, -0.05) is 0 Å². The second-order valence-corrected chi connectivity index (χ2v) is 6.22. The van der Waals surface area contributed by atoms with Crippen LogP contribution in [-0.4, -0.2) is 35.7 Å². The number of carbonyl (C=O) groups is 3. The molecule has 0 spiro atoms. The van der Waals surface area contributed by atoms with Crippen LogP contribution in [0.1, 0.15) is 31.2 Å². The molecule has 1 saturated heterocycles. The van der Waals surface area contributed by atoms with Crippen LogP contribution in [0.25, 0.3) is 0 Å². The summed E-state index contributed by atoms with van der Waals surface area (Å²) in [7, 11) is 0. The molecule has 0 radical (unpaired) electrons. The molecule has 1 aliphatic carbocycles. The van der Waals surface area contributed by atoms with E-state index in [2.05, 4.69) is 16.8 Å². The van der Waals surface area contributed by atoms with E-state index in [1.807, 2.05) is 5.38 Å². The molecule has 1 saturated carbocycles. The summed E-state index contributed by atoms with van der Waals surface area (Å²) in [6, 6.07) is 2.09. The third-order valence-corrected chi connectivity index (χ3v) is 4.75. The third-order valence-electron chi connectivity index (χ3n) is 4.07. The van der Waals surface area contributed by atoms with E-state index in [1.54, 1.807) is 11.3 Å². The van der Waals surface area contributed by atoms with Gasteiger partial charge in [-0.15, -0.1) is 0 Å². The minimum Gasteiger partial charge on any atom is -0.354 e. The molecule has 0 atom stereocenters. The Morgan fingerprint density at radius 3 is 2.55 bits per heavy atom. The molecule has 1 aliphatic heterocycles. The van der Waals surface area contributed by atoms with Crippen LogP contribution in [0.15, 0.2) is 16.8 Å². The van der Waals surface area contributed by atoms with Crippen molar-refractivity contribution < 1.29 is 14.4 Å². The zero-order valence-corrected chi connectivity index (χ0v) is 11.9. The molecular formula is C14H16N2O3S. The van der Waals surface area contributed by atoms with Crippen LogP contribution < -0.4 is 5.32 Å². The van der Waals surface area contributed by atoms with Gasteiger partial charge in [-0.25, -0.2) is 0 Å². The van der Waals surface area contributed by atoms with Crippen LogP contribution >= 0.6 is 11.3 Å². The van der Waals surface area contributed by atoms with Crippen LogP contribution in [0.4, 0.5) is 0 Å². The second-order valence-electron chi connectivity index (χ2n) is 5.44. The molecule has 1 N–H and O–H groups in total. The molecule has 6 heteroatoms. The Labute approximate surface area is 121 Å². The van der Waals surface area contributed by atoms with E-state index >= 15 is 0 Å². The molecule has 0 aromatic carbocycles. The molecule has 0 unspecified atom stereocenters. The minimum atomic E-state index is -0.255. The molecule has 1 aromatic heterocycles. The van der Waals surface area contributed by atoms with Crippen molar-refractivity contribution in [1.82, 2.24) is 10.2 Å². The predicted molar refractivity (Wildman–Crippen MR) is 74.2 cm³/mol. The van der Waals surface area contributed by atoms with Gasteiger partial charge in [0.05, 0.1) is 0 Å². The largest absolute Gasteiger partial charge is 0.354 e. The van der Waals surface area contributed by atoms with Crippen molar-refractivity contribution >= 4 is 29.1 Å². The van der Waals surface area contributed by atoms with Crippen molar-refractivity contribution in [3.05, 3.63) is 22.4 Å². The summed E-state index contributed by atoms with van der Waals surface area (Å²) in [4.78, 5) is 35.8. The first-order valence-corrected chi connectivity index (χ1v) is 7.68. The van der Waals surface area contributed by atoms with Gasteiger partial charge in [-0.05, 0) is 35.2 Å². The Kier molecular flexibility index (Phi) is 3.33. The fourth-order valence-corrected chi connectivity index (χ4v) is 3.33. The molecular weight excluding hydrogens is 276 g/mol. The Morgan fingerprint density at radius 1 is 1.30 bits per heavy atom. The number of likely N-dealkylation sites (tertiary alicyclic amines) is 1. The Balaban J connectivity index is 1.53. The first kappa shape index (κ1) is 13.3. The van der Waals surface area contributed by atoms with E-state index in [0.717, 1.165) is 17.7 Å². The summed E-state index contributed by atoms with van der Waals surface area (Å²) in [5.41, 5.74) is 1.35. The minimum absolute atomic E-state index is 0.0781. The average molecular weight is 292 g/mol. The smallest absolute Gasteiger partial charge is 0.240 e. The summed E-state index contributed by atoms with van der Waals surface area (Å²) in [6.45, 7) is 0.441. The number of rotatable bonds is 5.